The van der Waals surface area contributed by atoms with Gasteiger partial charge in [0.25, 0.3) is 0 Å². The number of piperazine rings is 1. The molecule has 0 aliphatic carbocycles. The van der Waals surface area contributed by atoms with Crippen molar-refractivity contribution in [2.45, 2.75) is 0 Å². The summed E-state index contributed by atoms with van der Waals surface area (Å²) in [5, 5.41) is 2.64. The fraction of sp³-hybridized carbons (Fsp3) is 0.462. The van der Waals surface area contributed by atoms with E-state index in [2.05, 4.69) is 15.2 Å². The Morgan fingerprint density at radius 2 is 2.05 bits per heavy atom. The van der Waals surface area contributed by atoms with Crippen molar-refractivity contribution >= 4 is 29.1 Å². The first-order chi connectivity index (χ1) is 10.1. The summed E-state index contributed by atoms with van der Waals surface area (Å²) < 4.78 is 0. The van der Waals surface area contributed by atoms with Gasteiger partial charge in [0.15, 0.2) is 5.15 Å². The Morgan fingerprint density at radius 1 is 1.33 bits per heavy atom. The zero-order valence-corrected chi connectivity index (χ0v) is 12.3. The molecule has 2 amide bonds. The Bertz CT molecular complexity index is 517. The second-order valence-electron chi connectivity index (χ2n) is 4.72. The van der Waals surface area contributed by atoms with Crippen molar-refractivity contribution < 1.29 is 9.59 Å². The number of hydrogen-bond donors (Lipinski definition) is 2. The summed E-state index contributed by atoms with van der Waals surface area (Å²) in [6, 6.07) is 3.23. The standard InChI is InChI=1S/C13H18ClN5O2/c14-11-10(2-1-4-16-11)17-12(20)13(21)19-8-6-18(5-3-15)7-9-19/h1-2,4H,3,5-9,15H2,(H,17,20). The van der Waals surface area contributed by atoms with E-state index in [0.717, 1.165) is 19.6 Å². The lowest BCUT2D eigenvalue weighted by atomic mass is 10.3. The van der Waals surface area contributed by atoms with E-state index in [0.29, 0.717) is 25.3 Å². The maximum absolute atomic E-state index is 12.1. The largest absolute Gasteiger partial charge is 0.332 e. The third-order valence-corrected chi connectivity index (χ3v) is 3.61. The minimum Gasteiger partial charge on any atom is -0.332 e. The van der Waals surface area contributed by atoms with E-state index >= 15 is 0 Å². The van der Waals surface area contributed by atoms with Crippen LogP contribution in [0.4, 0.5) is 5.69 Å². The molecule has 3 N–H and O–H groups in total. The molecule has 8 heteroatoms. The van der Waals surface area contributed by atoms with Gasteiger partial charge in [0.2, 0.25) is 0 Å². The summed E-state index contributed by atoms with van der Waals surface area (Å²) in [5.74, 6) is -1.25. The van der Waals surface area contributed by atoms with E-state index < -0.39 is 11.8 Å². The summed E-state index contributed by atoms with van der Waals surface area (Å²) in [7, 11) is 0. The number of nitrogens with two attached hydrogens (primary N) is 1. The van der Waals surface area contributed by atoms with Crippen molar-refractivity contribution in [1.29, 1.82) is 0 Å². The van der Waals surface area contributed by atoms with Gasteiger partial charge in [-0.25, -0.2) is 4.98 Å². The predicted molar refractivity (Wildman–Crippen MR) is 80.0 cm³/mol. The first-order valence-corrected chi connectivity index (χ1v) is 7.13. The molecule has 2 rings (SSSR count). The topological polar surface area (TPSA) is 91.6 Å². The summed E-state index contributed by atoms with van der Waals surface area (Å²) in [6.07, 6.45) is 1.51. The fourth-order valence-electron chi connectivity index (χ4n) is 2.16. The molecule has 1 aliphatic heterocycles. The highest BCUT2D eigenvalue weighted by molar-refractivity contribution is 6.41. The van der Waals surface area contributed by atoms with Gasteiger partial charge in [-0.15, -0.1) is 0 Å². The molecule has 1 saturated heterocycles. The lowest BCUT2D eigenvalue weighted by Crippen LogP contribution is -2.52. The van der Waals surface area contributed by atoms with Crippen LogP contribution in [0, 0.1) is 0 Å². The van der Waals surface area contributed by atoms with Crippen LogP contribution in [0.2, 0.25) is 5.15 Å². The first-order valence-electron chi connectivity index (χ1n) is 6.75. The quantitative estimate of drug-likeness (QED) is 0.594. The van der Waals surface area contributed by atoms with Crippen LogP contribution in [-0.2, 0) is 9.59 Å². The number of nitrogens with zero attached hydrogens (tertiary/aromatic N) is 3. The number of nitrogens with one attached hydrogen (secondary N) is 1. The number of aromatic nitrogens is 1. The van der Waals surface area contributed by atoms with Crippen LogP contribution in [0.1, 0.15) is 0 Å². The molecule has 21 heavy (non-hydrogen) atoms. The molecule has 0 bridgehead atoms. The number of carbonyl (C=O) groups excluding carboxylic acids is 2. The fourth-order valence-corrected chi connectivity index (χ4v) is 2.32. The molecule has 0 saturated carbocycles. The third kappa shape index (κ3) is 4.13. The van der Waals surface area contributed by atoms with Crippen molar-refractivity contribution in [3.63, 3.8) is 0 Å². The van der Waals surface area contributed by atoms with Gasteiger partial charge in [0.1, 0.15) is 0 Å². The highest BCUT2D eigenvalue weighted by Crippen LogP contribution is 2.17. The lowest BCUT2D eigenvalue weighted by molar-refractivity contribution is -0.144. The molecule has 1 aromatic heterocycles. The average Bonchev–Trinajstić information content (AvgIpc) is 2.50. The van der Waals surface area contributed by atoms with E-state index in [1.807, 2.05) is 0 Å². The molecule has 2 heterocycles. The molecule has 0 radical (unpaired) electrons. The second kappa shape index (κ2) is 7.35. The molecular weight excluding hydrogens is 294 g/mol. The Kier molecular flexibility index (Phi) is 5.49. The molecular formula is C13H18ClN5O2. The number of hydrogen-bond acceptors (Lipinski definition) is 5. The Hall–Kier alpha value is -1.70. The maximum Gasteiger partial charge on any atom is 0.313 e. The molecule has 7 nitrogen and oxygen atoms in total. The van der Waals surface area contributed by atoms with Crippen LogP contribution in [0.3, 0.4) is 0 Å². The summed E-state index contributed by atoms with van der Waals surface area (Å²) in [4.78, 5) is 31.6. The van der Waals surface area contributed by atoms with Crippen molar-refractivity contribution in [3.05, 3.63) is 23.5 Å². The van der Waals surface area contributed by atoms with Gasteiger partial charge in [0, 0.05) is 45.5 Å². The van der Waals surface area contributed by atoms with Crippen LogP contribution >= 0.6 is 11.6 Å². The van der Waals surface area contributed by atoms with E-state index in [1.54, 1.807) is 12.1 Å². The van der Waals surface area contributed by atoms with E-state index in [4.69, 9.17) is 17.3 Å². The van der Waals surface area contributed by atoms with E-state index in [1.165, 1.54) is 11.1 Å². The number of rotatable bonds is 3. The molecule has 0 unspecified atom stereocenters. The summed E-state index contributed by atoms with van der Waals surface area (Å²) >= 11 is 5.84. The highest BCUT2D eigenvalue weighted by Gasteiger charge is 2.26. The Balaban J connectivity index is 1.89. The number of carbonyl (C=O) groups is 2. The van der Waals surface area contributed by atoms with Crippen LogP contribution in [-0.4, -0.2) is 65.9 Å². The molecule has 0 spiro atoms. The van der Waals surface area contributed by atoms with E-state index in [-0.39, 0.29) is 5.15 Å². The molecule has 1 aromatic rings. The lowest BCUT2D eigenvalue weighted by Gasteiger charge is -2.34. The zero-order valence-electron chi connectivity index (χ0n) is 11.6. The number of halogens is 1. The molecule has 114 valence electrons. The predicted octanol–water partition coefficient (Wildman–Crippen LogP) is -0.224. The van der Waals surface area contributed by atoms with Crippen LogP contribution in [0.5, 0.6) is 0 Å². The Labute approximate surface area is 128 Å². The minimum absolute atomic E-state index is 0.159. The monoisotopic (exact) mass is 311 g/mol. The molecule has 0 aromatic carbocycles. The van der Waals surface area contributed by atoms with Gasteiger partial charge < -0.3 is 16.0 Å². The third-order valence-electron chi connectivity index (χ3n) is 3.31. The SMILES string of the molecule is NCCN1CCN(C(=O)C(=O)Nc2cccnc2Cl)CC1. The van der Waals surface area contributed by atoms with Gasteiger partial charge in [-0.2, -0.15) is 0 Å². The summed E-state index contributed by atoms with van der Waals surface area (Å²) in [6.45, 7) is 3.89. The van der Waals surface area contributed by atoms with Gasteiger partial charge in [-0.3, -0.25) is 14.5 Å². The Morgan fingerprint density at radius 3 is 2.67 bits per heavy atom. The van der Waals surface area contributed by atoms with Gasteiger partial charge in [0.05, 0.1) is 5.69 Å². The van der Waals surface area contributed by atoms with Gasteiger partial charge >= 0.3 is 11.8 Å². The summed E-state index contributed by atoms with van der Waals surface area (Å²) in [5.41, 5.74) is 5.83. The molecule has 1 fully saturated rings. The van der Waals surface area contributed by atoms with Crippen molar-refractivity contribution in [2.24, 2.45) is 5.73 Å². The van der Waals surface area contributed by atoms with E-state index in [9.17, 15) is 9.59 Å². The number of pyridine rings is 1. The minimum atomic E-state index is -0.697. The van der Waals surface area contributed by atoms with Crippen molar-refractivity contribution in [2.75, 3.05) is 44.6 Å². The van der Waals surface area contributed by atoms with Gasteiger partial charge in [-0.1, -0.05) is 11.6 Å². The molecule has 0 atom stereocenters. The van der Waals surface area contributed by atoms with Crippen molar-refractivity contribution in [3.8, 4) is 0 Å². The normalized spacial score (nSPS) is 15.8. The second-order valence-corrected chi connectivity index (χ2v) is 5.08. The van der Waals surface area contributed by atoms with Crippen LogP contribution < -0.4 is 11.1 Å². The van der Waals surface area contributed by atoms with Gasteiger partial charge in [-0.05, 0) is 12.1 Å². The number of anilines is 1. The van der Waals surface area contributed by atoms with Crippen LogP contribution in [0.15, 0.2) is 18.3 Å². The maximum atomic E-state index is 12.1. The smallest absolute Gasteiger partial charge is 0.313 e. The first kappa shape index (κ1) is 15.7. The zero-order chi connectivity index (χ0) is 15.2. The van der Waals surface area contributed by atoms with Crippen LogP contribution in [0.25, 0.3) is 0 Å². The number of amides is 2. The highest BCUT2D eigenvalue weighted by atomic mass is 35.5. The molecule has 1 aliphatic rings. The van der Waals surface area contributed by atoms with Crippen molar-refractivity contribution in [1.82, 2.24) is 14.8 Å². The average molecular weight is 312 g/mol.